The van der Waals surface area contributed by atoms with Gasteiger partial charge in [-0.2, -0.15) is 11.3 Å². The molecule has 0 aliphatic rings. The molecule has 2 heterocycles. The summed E-state index contributed by atoms with van der Waals surface area (Å²) < 4.78 is 5.31. The molecule has 0 amide bonds. The van der Waals surface area contributed by atoms with Crippen molar-refractivity contribution in [1.82, 2.24) is 4.90 Å². The van der Waals surface area contributed by atoms with Crippen molar-refractivity contribution in [3.05, 3.63) is 46.0 Å². The number of rotatable bonds is 5. The summed E-state index contributed by atoms with van der Waals surface area (Å²) in [7, 11) is 1.99. The minimum absolute atomic E-state index is 0.0132. The van der Waals surface area contributed by atoms with Crippen molar-refractivity contribution < 1.29 is 14.3 Å². The van der Waals surface area contributed by atoms with Crippen molar-refractivity contribution in [2.24, 2.45) is 0 Å². The molecule has 2 rings (SSSR count). The van der Waals surface area contributed by atoms with Gasteiger partial charge in [0.2, 0.25) is 5.76 Å². The van der Waals surface area contributed by atoms with Gasteiger partial charge in [0.15, 0.2) is 0 Å². The molecule has 1 N–H and O–H groups in total. The van der Waals surface area contributed by atoms with Crippen LogP contribution in [-0.2, 0) is 6.54 Å². The highest BCUT2D eigenvalue weighted by Gasteiger charge is 2.18. The molecule has 4 nitrogen and oxygen atoms in total. The van der Waals surface area contributed by atoms with E-state index in [1.54, 1.807) is 17.4 Å². The van der Waals surface area contributed by atoms with Gasteiger partial charge in [0, 0.05) is 6.54 Å². The number of nitrogens with zero attached hydrogens (tertiary/aromatic N) is 1. The highest BCUT2D eigenvalue weighted by Crippen LogP contribution is 2.23. The lowest BCUT2D eigenvalue weighted by atomic mass is 10.2. The molecule has 5 heteroatoms. The Morgan fingerprint density at radius 2 is 2.28 bits per heavy atom. The van der Waals surface area contributed by atoms with E-state index < -0.39 is 5.97 Å². The molecule has 1 atom stereocenters. The average Bonchev–Trinajstić information content (AvgIpc) is 2.98. The summed E-state index contributed by atoms with van der Waals surface area (Å²) in [5.74, 6) is -0.375. The standard InChI is InChI=1S/C13H15NO3S/c1-9(11-3-4-12(17-11)13(15)16)14(2)7-10-5-6-18-8-10/h3-6,8-9H,7H2,1-2H3,(H,15,16). The zero-order valence-electron chi connectivity index (χ0n) is 10.3. The number of carboxylic acid groups (broad SMARTS) is 1. The number of thiophene rings is 1. The predicted octanol–water partition coefficient (Wildman–Crippen LogP) is 3.23. The Balaban J connectivity index is 2.05. The van der Waals surface area contributed by atoms with E-state index in [0.29, 0.717) is 5.76 Å². The third kappa shape index (κ3) is 2.80. The van der Waals surface area contributed by atoms with Gasteiger partial charge in [0.25, 0.3) is 0 Å². The third-order valence-electron chi connectivity index (χ3n) is 2.92. The molecule has 96 valence electrons. The van der Waals surface area contributed by atoms with Crippen LogP contribution in [0.4, 0.5) is 0 Å². The first-order valence-electron chi connectivity index (χ1n) is 5.62. The Bertz CT molecular complexity index is 518. The molecule has 0 saturated carbocycles. The normalized spacial score (nSPS) is 12.8. The largest absolute Gasteiger partial charge is 0.475 e. The van der Waals surface area contributed by atoms with Crippen LogP contribution in [0.2, 0.25) is 0 Å². The number of hydrogen-bond acceptors (Lipinski definition) is 4. The summed E-state index contributed by atoms with van der Waals surface area (Å²) in [5, 5.41) is 13.0. The van der Waals surface area contributed by atoms with E-state index in [1.165, 1.54) is 11.6 Å². The first-order chi connectivity index (χ1) is 8.58. The first kappa shape index (κ1) is 12.9. The van der Waals surface area contributed by atoms with Gasteiger partial charge in [-0.25, -0.2) is 4.79 Å². The maximum Gasteiger partial charge on any atom is 0.371 e. The summed E-state index contributed by atoms with van der Waals surface area (Å²) >= 11 is 1.67. The highest BCUT2D eigenvalue weighted by atomic mass is 32.1. The molecule has 0 aliphatic carbocycles. The second-order valence-electron chi connectivity index (χ2n) is 4.23. The molecule has 1 unspecified atom stereocenters. The maximum atomic E-state index is 10.8. The second kappa shape index (κ2) is 5.37. The molecule has 0 radical (unpaired) electrons. The monoisotopic (exact) mass is 265 g/mol. The van der Waals surface area contributed by atoms with Gasteiger partial charge in [-0.05, 0) is 48.5 Å². The van der Waals surface area contributed by atoms with Crippen molar-refractivity contribution in [2.75, 3.05) is 7.05 Å². The first-order valence-corrected chi connectivity index (χ1v) is 6.56. The van der Waals surface area contributed by atoms with Gasteiger partial charge in [-0.1, -0.05) is 0 Å². The zero-order valence-corrected chi connectivity index (χ0v) is 11.1. The fourth-order valence-electron chi connectivity index (χ4n) is 1.72. The van der Waals surface area contributed by atoms with Crippen molar-refractivity contribution >= 4 is 17.3 Å². The molecule has 18 heavy (non-hydrogen) atoms. The van der Waals surface area contributed by atoms with E-state index in [-0.39, 0.29) is 11.8 Å². The van der Waals surface area contributed by atoms with E-state index >= 15 is 0 Å². The van der Waals surface area contributed by atoms with Gasteiger partial charge in [0.1, 0.15) is 5.76 Å². The Hall–Kier alpha value is -1.59. The van der Waals surface area contributed by atoms with E-state index in [0.717, 1.165) is 6.54 Å². The van der Waals surface area contributed by atoms with Gasteiger partial charge in [-0.15, -0.1) is 0 Å². The zero-order chi connectivity index (χ0) is 13.1. The van der Waals surface area contributed by atoms with Crippen LogP contribution in [0.15, 0.2) is 33.4 Å². The smallest absolute Gasteiger partial charge is 0.371 e. The molecule has 0 aromatic carbocycles. The minimum atomic E-state index is -1.03. The third-order valence-corrected chi connectivity index (χ3v) is 3.65. The molecule has 0 spiro atoms. The molecule has 0 aliphatic heterocycles. The number of carboxylic acids is 1. The summed E-state index contributed by atoms with van der Waals surface area (Å²) in [6.45, 7) is 2.81. The van der Waals surface area contributed by atoms with E-state index in [4.69, 9.17) is 9.52 Å². The van der Waals surface area contributed by atoms with Crippen molar-refractivity contribution in [3.8, 4) is 0 Å². The summed E-state index contributed by atoms with van der Waals surface area (Å²) in [4.78, 5) is 12.9. The Morgan fingerprint density at radius 1 is 1.50 bits per heavy atom. The number of furan rings is 1. The van der Waals surface area contributed by atoms with E-state index in [2.05, 4.69) is 16.3 Å². The molecular formula is C13H15NO3S. The highest BCUT2D eigenvalue weighted by molar-refractivity contribution is 7.07. The molecule has 2 aromatic heterocycles. The van der Waals surface area contributed by atoms with E-state index in [9.17, 15) is 4.79 Å². The maximum absolute atomic E-state index is 10.8. The van der Waals surface area contributed by atoms with Gasteiger partial charge >= 0.3 is 5.97 Å². The average molecular weight is 265 g/mol. The molecular weight excluding hydrogens is 250 g/mol. The lowest BCUT2D eigenvalue weighted by molar-refractivity contribution is 0.0656. The Kier molecular flexibility index (Phi) is 3.84. The Labute approximate surface area is 109 Å². The fourth-order valence-corrected chi connectivity index (χ4v) is 2.38. The molecule has 0 saturated heterocycles. The van der Waals surface area contributed by atoms with E-state index in [1.807, 2.05) is 19.4 Å². The summed E-state index contributed by atoms with van der Waals surface area (Å²) in [6, 6.07) is 5.33. The quantitative estimate of drug-likeness (QED) is 0.901. The van der Waals surface area contributed by atoms with Crippen LogP contribution in [-0.4, -0.2) is 23.0 Å². The van der Waals surface area contributed by atoms with Gasteiger partial charge < -0.3 is 9.52 Å². The van der Waals surface area contributed by atoms with Crippen molar-refractivity contribution in [1.29, 1.82) is 0 Å². The fraction of sp³-hybridized carbons (Fsp3) is 0.308. The lowest BCUT2D eigenvalue weighted by Gasteiger charge is -2.22. The summed E-state index contributed by atoms with van der Waals surface area (Å²) in [5.41, 5.74) is 1.25. The number of carbonyl (C=O) groups is 1. The minimum Gasteiger partial charge on any atom is -0.475 e. The van der Waals surface area contributed by atoms with Crippen LogP contribution in [0.25, 0.3) is 0 Å². The van der Waals surface area contributed by atoms with Crippen LogP contribution in [0.3, 0.4) is 0 Å². The number of aromatic carboxylic acids is 1. The van der Waals surface area contributed by atoms with Gasteiger partial charge in [0.05, 0.1) is 6.04 Å². The van der Waals surface area contributed by atoms with Crippen LogP contribution >= 0.6 is 11.3 Å². The topological polar surface area (TPSA) is 53.7 Å². The van der Waals surface area contributed by atoms with Gasteiger partial charge in [-0.3, -0.25) is 4.90 Å². The van der Waals surface area contributed by atoms with Crippen LogP contribution in [0.1, 0.15) is 34.8 Å². The Morgan fingerprint density at radius 3 is 2.83 bits per heavy atom. The van der Waals surface area contributed by atoms with Crippen molar-refractivity contribution in [3.63, 3.8) is 0 Å². The lowest BCUT2D eigenvalue weighted by Crippen LogP contribution is -2.21. The SMILES string of the molecule is CC(c1ccc(C(=O)O)o1)N(C)Cc1ccsc1. The second-order valence-corrected chi connectivity index (χ2v) is 5.01. The molecule has 2 aromatic rings. The van der Waals surface area contributed by atoms with Crippen LogP contribution < -0.4 is 0 Å². The number of hydrogen-bond donors (Lipinski definition) is 1. The van der Waals surface area contributed by atoms with Crippen LogP contribution in [0.5, 0.6) is 0 Å². The summed E-state index contributed by atoms with van der Waals surface area (Å²) in [6.07, 6.45) is 0. The van der Waals surface area contributed by atoms with Crippen molar-refractivity contribution in [2.45, 2.75) is 19.5 Å². The molecule has 0 fully saturated rings. The van der Waals surface area contributed by atoms with Crippen LogP contribution in [0, 0.1) is 0 Å². The molecule has 0 bridgehead atoms. The predicted molar refractivity (Wildman–Crippen MR) is 69.9 cm³/mol.